The number of fused-ring (bicyclic) bond motifs is 1. The van der Waals surface area contributed by atoms with Crippen molar-refractivity contribution in [1.82, 2.24) is 0 Å². The van der Waals surface area contributed by atoms with E-state index in [1.54, 1.807) is 13.0 Å². The van der Waals surface area contributed by atoms with Gasteiger partial charge in [0.05, 0.1) is 17.4 Å². The van der Waals surface area contributed by atoms with Gasteiger partial charge in [0.1, 0.15) is 5.00 Å². The Balaban J connectivity index is 1.43. The van der Waals surface area contributed by atoms with E-state index in [2.05, 4.69) is 31.4 Å². The van der Waals surface area contributed by atoms with Gasteiger partial charge in [-0.2, -0.15) is 0 Å². The molecule has 2 amide bonds. The second-order valence-electron chi connectivity index (χ2n) is 11.2. The van der Waals surface area contributed by atoms with Gasteiger partial charge in [-0.3, -0.25) is 9.59 Å². The van der Waals surface area contributed by atoms with Crippen molar-refractivity contribution in [3.8, 4) is 0 Å². The summed E-state index contributed by atoms with van der Waals surface area (Å²) in [6.07, 6.45) is 5.97. The number of thioether (sulfide) groups is 1. The Kier molecular flexibility index (Phi) is 10.1. The van der Waals surface area contributed by atoms with E-state index in [0.717, 1.165) is 35.3 Å². The molecule has 0 aliphatic heterocycles. The zero-order valence-electron chi connectivity index (χ0n) is 24.3. The van der Waals surface area contributed by atoms with Gasteiger partial charge in [0.25, 0.3) is 0 Å². The van der Waals surface area contributed by atoms with Crippen LogP contribution in [0, 0.1) is 11.3 Å². The van der Waals surface area contributed by atoms with Gasteiger partial charge in [0.2, 0.25) is 11.8 Å². The summed E-state index contributed by atoms with van der Waals surface area (Å²) < 4.78 is 5.38. The third-order valence-corrected chi connectivity index (χ3v) is 9.48. The van der Waals surface area contributed by atoms with E-state index >= 15 is 0 Å². The highest BCUT2D eigenvalue weighted by molar-refractivity contribution is 8.00. The lowest BCUT2D eigenvalue weighted by Crippen LogP contribution is -2.27. The molecule has 0 spiro atoms. The molecule has 4 rings (SSSR count). The number of hydrogen-bond donors (Lipinski definition) is 2. The molecule has 2 atom stereocenters. The van der Waals surface area contributed by atoms with Crippen molar-refractivity contribution >= 4 is 57.6 Å². The molecule has 216 valence electrons. The van der Waals surface area contributed by atoms with Crippen LogP contribution in [0.3, 0.4) is 0 Å². The molecule has 1 aromatic heterocycles. The van der Waals surface area contributed by atoms with Crippen LogP contribution in [0.25, 0.3) is 6.08 Å². The summed E-state index contributed by atoms with van der Waals surface area (Å²) in [6, 6.07) is 17.0. The second-order valence-corrected chi connectivity index (χ2v) is 13.8. The van der Waals surface area contributed by atoms with Crippen molar-refractivity contribution in [3.05, 3.63) is 82.2 Å². The molecule has 1 heterocycles. The molecule has 0 fully saturated rings. The fourth-order valence-electron chi connectivity index (χ4n) is 4.87. The Labute approximate surface area is 251 Å². The van der Waals surface area contributed by atoms with Crippen LogP contribution in [-0.4, -0.2) is 29.6 Å². The summed E-state index contributed by atoms with van der Waals surface area (Å²) in [7, 11) is 0. The van der Waals surface area contributed by atoms with Gasteiger partial charge >= 0.3 is 5.97 Å². The number of carbonyl (C=O) groups is 3. The van der Waals surface area contributed by atoms with E-state index in [1.165, 1.54) is 34.1 Å². The number of anilines is 2. The first-order chi connectivity index (χ1) is 19.5. The van der Waals surface area contributed by atoms with Crippen LogP contribution >= 0.6 is 23.1 Å². The largest absolute Gasteiger partial charge is 0.462 e. The highest BCUT2D eigenvalue weighted by Crippen LogP contribution is 2.44. The number of ether oxygens (including phenoxy) is 1. The summed E-state index contributed by atoms with van der Waals surface area (Å²) in [5.41, 5.74) is 3.30. The van der Waals surface area contributed by atoms with Crippen molar-refractivity contribution in [3.63, 3.8) is 0 Å². The number of benzene rings is 2. The maximum absolute atomic E-state index is 13.3. The first-order valence-electron chi connectivity index (χ1n) is 14.0. The molecule has 0 saturated carbocycles. The number of carbonyl (C=O) groups excluding carboxylic acids is 3. The van der Waals surface area contributed by atoms with Crippen molar-refractivity contribution < 1.29 is 19.1 Å². The van der Waals surface area contributed by atoms with E-state index in [9.17, 15) is 14.4 Å². The summed E-state index contributed by atoms with van der Waals surface area (Å²) in [6.45, 7) is 10.7. The number of thiophene rings is 1. The Morgan fingerprint density at radius 2 is 1.85 bits per heavy atom. The number of rotatable bonds is 9. The zero-order valence-corrected chi connectivity index (χ0v) is 25.9. The Hall–Kier alpha value is -3.36. The Morgan fingerprint density at radius 3 is 2.56 bits per heavy atom. The number of amides is 2. The third kappa shape index (κ3) is 8.11. The molecular formula is C33H38N2O4S2. The maximum Gasteiger partial charge on any atom is 0.341 e. The monoisotopic (exact) mass is 590 g/mol. The Morgan fingerprint density at radius 1 is 1.10 bits per heavy atom. The van der Waals surface area contributed by atoms with Gasteiger partial charge in [-0.25, -0.2) is 4.79 Å². The summed E-state index contributed by atoms with van der Waals surface area (Å²) in [5, 5.41) is 6.06. The minimum Gasteiger partial charge on any atom is -0.462 e. The topological polar surface area (TPSA) is 84.5 Å². The number of esters is 1. The highest BCUT2D eigenvalue weighted by atomic mass is 32.2. The number of hydrogen-bond acceptors (Lipinski definition) is 6. The molecule has 0 saturated heterocycles. The van der Waals surface area contributed by atoms with Gasteiger partial charge in [0, 0.05) is 21.5 Å². The predicted molar refractivity (Wildman–Crippen MR) is 170 cm³/mol. The minimum atomic E-state index is -0.435. The smallest absolute Gasteiger partial charge is 0.341 e. The molecule has 2 aromatic carbocycles. The SMILES string of the molecule is CCOC(=O)c1c(NC(=O)C(C)Sc2cccc(NC(=O)/C=C/c3ccccc3)c2)sc2c1CCC(C(C)(C)C)C2. The molecular weight excluding hydrogens is 553 g/mol. The van der Waals surface area contributed by atoms with Crippen LogP contribution in [-0.2, 0) is 27.2 Å². The van der Waals surface area contributed by atoms with Gasteiger partial charge in [0.15, 0.2) is 0 Å². The lowest BCUT2D eigenvalue weighted by Gasteiger charge is -2.33. The predicted octanol–water partition coefficient (Wildman–Crippen LogP) is 7.85. The van der Waals surface area contributed by atoms with Crippen molar-refractivity contribution in [2.24, 2.45) is 11.3 Å². The van der Waals surface area contributed by atoms with Gasteiger partial charge < -0.3 is 15.4 Å². The van der Waals surface area contributed by atoms with Gasteiger partial charge in [-0.05, 0) is 79.8 Å². The van der Waals surface area contributed by atoms with E-state index in [4.69, 9.17) is 4.74 Å². The fourth-order valence-corrected chi connectivity index (χ4v) is 7.12. The molecule has 6 nitrogen and oxygen atoms in total. The second kappa shape index (κ2) is 13.5. The summed E-state index contributed by atoms with van der Waals surface area (Å²) in [5.74, 6) is -0.279. The van der Waals surface area contributed by atoms with Crippen LogP contribution in [0.2, 0.25) is 0 Å². The van der Waals surface area contributed by atoms with E-state index < -0.39 is 5.25 Å². The molecule has 3 aromatic rings. The molecule has 1 aliphatic carbocycles. The highest BCUT2D eigenvalue weighted by Gasteiger charge is 2.34. The first kappa shape index (κ1) is 30.6. The van der Waals surface area contributed by atoms with Crippen LogP contribution in [0.4, 0.5) is 10.7 Å². The third-order valence-electron chi connectivity index (χ3n) is 7.22. The van der Waals surface area contributed by atoms with Crippen LogP contribution < -0.4 is 10.6 Å². The van der Waals surface area contributed by atoms with Gasteiger partial charge in [-0.1, -0.05) is 57.2 Å². The maximum atomic E-state index is 13.3. The van der Waals surface area contributed by atoms with Crippen molar-refractivity contribution in [1.29, 1.82) is 0 Å². The molecule has 0 bridgehead atoms. The average molecular weight is 591 g/mol. The standard InChI is InChI=1S/C33H38N2O4S2/c1-6-39-32(38)29-26-17-16-23(33(3,4)5)19-27(26)41-31(29)35-30(37)21(2)40-25-14-10-13-24(20-25)34-28(36)18-15-22-11-8-7-9-12-22/h7-15,18,20-21,23H,6,16-17,19H2,1-5H3,(H,34,36)(H,35,37)/b18-15+. The van der Waals surface area contributed by atoms with Crippen molar-refractivity contribution in [2.45, 2.75) is 64.0 Å². The zero-order chi connectivity index (χ0) is 29.6. The minimum absolute atomic E-state index is 0.173. The fraction of sp³-hybridized carbons (Fsp3) is 0.364. The van der Waals surface area contributed by atoms with E-state index in [-0.39, 0.29) is 29.8 Å². The lowest BCUT2D eigenvalue weighted by molar-refractivity contribution is -0.115. The van der Waals surface area contributed by atoms with Gasteiger partial charge in [-0.15, -0.1) is 23.1 Å². The molecule has 2 N–H and O–H groups in total. The van der Waals surface area contributed by atoms with Crippen molar-refractivity contribution in [2.75, 3.05) is 17.2 Å². The molecule has 41 heavy (non-hydrogen) atoms. The summed E-state index contributed by atoms with van der Waals surface area (Å²) >= 11 is 2.90. The molecule has 1 aliphatic rings. The quantitative estimate of drug-likeness (QED) is 0.151. The van der Waals surface area contributed by atoms with E-state index in [0.29, 0.717) is 22.2 Å². The van der Waals surface area contributed by atoms with E-state index in [1.807, 2.05) is 61.5 Å². The number of nitrogens with one attached hydrogen (secondary N) is 2. The van der Waals surface area contributed by atoms with Crippen LogP contribution in [0.15, 0.2) is 65.6 Å². The normalized spacial score (nSPS) is 15.7. The molecule has 2 unspecified atom stereocenters. The molecule has 0 radical (unpaired) electrons. The first-order valence-corrected chi connectivity index (χ1v) is 15.7. The average Bonchev–Trinajstić information content (AvgIpc) is 3.29. The Bertz CT molecular complexity index is 1420. The summed E-state index contributed by atoms with van der Waals surface area (Å²) in [4.78, 5) is 40.7. The molecule has 8 heteroatoms. The van der Waals surface area contributed by atoms with Crippen LogP contribution in [0.5, 0.6) is 0 Å². The van der Waals surface area contributed by atoms with Crippen LogP contribution in [0.1, 0.15) is 67.4 Å². The lowest BCUT2D eigenvalue weighted by atomic mass is 9.72.